The normalized spacial score (nSPS) is 11.2. The zero-order valence-corrected chi connectivity index (χ0v) is 10.9. The van der Waals surface area contributed by atoms with E-state index < -0.39 is 0 Å². The molecule has 3 aromatic rings. The lowest BCUT2D eigenvalue weighted by Crippen LogP contribution is -2.18. The molecule has 98 valence electrons. The average Bonchev–Trinajstić information content (AvgIpc) is 3.03. The fourth-order valence-electron chi connectivity index (χ4n) is 2.17. The molecule has 3 rings (SSSR count). The molecule has 0 saturated carbocycles. The van der Waals surface area contributed by atoms with Crippen molar-refractivity contribution >= 4 is 10.9 Å². The summed E-state index contributed by atoms with van der Waals surface area (Å²) in [4.78, 5) is 3.23. The van der Waals surface area contributed by atoms with E-state index in [0.29, 0.717) is 0 Å². The van der Waals surface area contributed by atoms with Crippen LogP contribution in [0.1, 0.15) is 11.4 Å². The van der Waals surface area contributed by atoms with Gasteiger partial charge in [-0.15, -0.1) is 10.2 Å². The Balaban J connectivity index is 1.53. The maximum atomic E-state index is 4.06. The highest BCUT2D eigenvalue weighted by Gasteiger charge is 2.00. The van der Waals surface area contributed by atoms with Crippen molar-refractivity contribution in [2.45, 2.75) is 13.0 Å². The number of aromatic nitrogens is 4. The number of nitrogens with zero attached hydrogens (tertiary/aromatic N) is 3. The second kappa shape index (κ2) is 5.24. The molecule has 0 aliphatic rings. The molecule has 0 unspecified atom stereocenters. The van der Waals surface area contributed by atoms with Gasteiger partial charge in [0.25, 0.3) is 0 Å². The van der Waals surface area contributed by atoms with Crippen LogP contribution in [0.15, 0.2) is 36.8 Å². The lowest BCUT2D eigenvalue weighted by Gasteiger charge is -2.05. The molecular weight excluding hydrogens is 238 g/mol. The number of hydrogen-bond donors (Lipinski definition) is 2. The summed E-state index contributed by atoms with van der Waals surface area (Å²) in [5.74, 6) is 1.01. The molecule has 19 heavy (non-hydrogen) atoms. The topological polar surface area (TPSA) is 58.5 Å². The van der Waals surface area contributed by atoms with Crippen molar-refractivity contribution in [2.24, 2.45) is 7.05 Å². The van der Waals surface area contributed by atoms with Gasteiger partial charge in [-0.05, 0) is 23.1 Å². The Hall–Kier alpha value is -2.14. The molecule has 2 aromatic heterocycles. The van der Waals surface area contributed by atoms with Gasteiger partial charge >= 0.3 is 0 Å². The number of H-pyrrole nitrogens is 1. The lowest BCUT2D eigenvalue weighted by molar-refractivity contribution is 0.654. The van der Waals surface area contributed by atoms with Gasteiger partial charge in [0.05, 0.1) is 0 Å². The highest BCUT2D eigenvalue weighted by molar-refractivity contribution is 5.79. The first kappa shape index (κ1) is 11.9. The molecule has 1 aromatic carbocycles. The minimum atomic E-state index is 0.868. The first-order valence-electron chi connectivity index (χ1n) is 6.42. The van der Waals surface area contributed by atoms with Crippen LogP contribution in [0.4, 0.5) is 0 Å². The van der Waals surface area contributed by atoms with Crippen LogP contribution in [-0.2, 0) is 20.0 Å². The number of hydrogen-bond acceptors (Lipinski definition) is 3. The summed E-state index contributed by atoms with van der Waals surface area (Å²) in [5.41, 5.74) is 2.47. The molecule has 0 aliphatic carbocycles. The summed E-state index contributed by atoms with van der Waals surface area (Å²) in [5, 5.41) is 12.6. The van der Waals surface area contributed by atoms with Crippen molar-refractivity contribution in [2.75, 3.05) is 6.54 Å². The molecule has 0 spiro atoms. The van der Waals surface area contributed by atoms with Gasteiger partial charge in [-0.1, -0.05) is 12.1 Å². The first-order chi connectivity index (χ1) is 9.33. The molecule has 0 amide bonds. The first-order valence-corrected chi connectivity index (χ1v) is 6.42. The average molecular weight is 255 g/mol. The number of nitrogens with one attached hydrogen (secondary N) is 2. The standard InChI is InChI=1S/C14H17N5/c1-19-10-17-18-14(19)5-6-15-9-11-2-3-12-4-7-16-13(12)8-11/h2-4,7-8,10,15-16H,5-6,9H2,1H3. The summed E-state index contributed by atoms with van der Waals surface area (Å²) in [7, 11) is 1.97. The van der Waals surface area contributed by atoms with Gasteiger partial charge in [0.2, 0.25) is 0 Å². The second-order valence-corrected chi connectivity index (χ2v) is 4.68. The summed E-state index contributed by atoms with van der Waals surface area (Å²) in [6.07, 6.45) is 4.59. The molecule has 0 atom stereocenters. The lowest BCUT2D eigenvalue weighted by atomic mass is 10.1. The molecule has 0 aliphatic heterocycles. The number of aromatic amines is 1. The zero-order chi connectivity index (χ0) is 13.1. The van der Waals surface area contributed by atoms with E-state index in [0.717, 1.165) is 25.3 Å². The van der Waals surface area contributed by atoms with Crippen LogP contribution in [0, 0.1) is 0 Å². The van der Waals surface area contributed by atoms with E-state index in [-0.39, 0.29) is 0 Å². The Morgan fingerprint density at radius 1 is 1.32 bits per heavy atom. The predicted octanol–water partition coefficient (Wildman–Crippen LogP) is 1.63. The molecule has 5 heteroatoms. The van der Waals surface area contributed by atoms with E-state index in [1.807, 2.05) is 17.8 Å². The molecule has 0 radical (unpaired) electrons. The third kappa shape index (κ3) is 2.66. The van der Waals surface area contributed by atoms with Crippen LogP contribution >= 0.6 is 0 Å². The third-order valence-electron chi connectivity index (χ3n) is 3.28. The highest BCUT2D eigenvalue weighted by Crippen LogP contribution is 2.13. The number of rotatable bonds is 5. The van der Waals surface area contributed by atoms with E-state index in [1.165, 1.54) is 16.5 Å². The van der Waals surface area contributed by atoms with Gasteiger partial charge in [-0.2, -0.15) is 0 Å². The van der Waals surface area contributed by atoms with Gasteiger partial charge < -0.3 is 14.9 Å². The molecule has 0 bridgehead atoms. The van der Waals surface area contributed by atoms with Gasteiger partial charge in [0.1, 0.15) is 12.2 Å². The van der Waals surface area contributed by atoms with Crippen molar-refractivity contribution in [3.63, 3.8) is 0 Å². The summed E-state index contributed by atoms with van der Waals surface area (Å²) < 4.78 is 1.95. The van der Waals surface area contributed by atoms with Gasteiger partial charge in [0, 0.05) is 38.3 Å². The van der Waals surface area contributed by atoms with E-state index >= 15 is 0 Å². The van der Waals surface area contributed by atoms with Crippen LogP contribution in [0.3, 0.4) is 0 Å². The van der Waals surface area contributed by atoms with Crippen LogP contribution in [0.25, 0.3) is 10.9 Å². The van der Waals surface area contributed by atoms with Gasteiger partial charge in [0.15, 0.2) is 0 Å². The van der Waals surface area contributed by atoms with Crippen LogP contribution in [-0.4, -0.2) is 26.3 Å². The van der Waals surface area contributed by atoms with E-state index in [1.54, 1.807) is 6.33 Å². The molecule has 2 heterocycles. The van der Waals surface area contributed by atoms with Crippen LogP contribution in [0.2, 0.25) is 0 Å². The largest absolute Gasteiger partial charge is 0.361 e. The van der Waals surface area contributed by atoms with Crippen molar-refractivity contribution in [1.29, 1.82) is 0 Å². The van der Waals surface area contributed by atoms with E-state index in [4.69, 9.17) is 0 Å². The molecular formula is C14H17N5. The van der Waals surface area contributed by atoms with Gasteiger partial charge in [-0.25, -0.2) is 0 Å². The molecule has 0 saturated heterocycles. The maximum absolute atomic E-state index is 4.06. The predicted molar refractivity (Wildman–Crippen MR) is 74.7 cm³/mol. The van der Waals surface area contributed by atoms with Crippen molar-refractivity contribution in [3.8, 4) is 0 Å². The molecule has 0 fully saturated rings. The Bertz CT molecular complexity index is 667. The zero-order valence-electron chi connectivity index (χ0n) is 10.9. The fraction of sp³-hybridized carbons (Fsp3) is 0.286. The quantitative estimate of drug-likeness (QED) is 0.681. The second-order valence-electron chi connectivity index (χ2n) is 4.68. The van der Waals surface area contributed by atoms with Crippen LogP contribution in [0.5, 0.6) is 0 Å². The minimum Gasteiger partial charge on any atom is -0.361 e. The smallest absolute Gasteiger partial charge is 0.133 e. The summed E-state index contributed by atoms with van der Waals surface area (Å²) >= 11 is 0. The molecule has 5 nitrogen and oxygen atoms in total. The Morgan fingerprint density at radius 2 is 2.26 bits per heavy atom. The minimum absolute atomic E-state index is 0.868. The Kier molecular flexibility index (Phi) is 3.29. The fourth-order valence-corrected chi connectivity index (χ4v) is 2.17. The highest BCUT2D eigenvalue weighted by atomic mass is 15.2. The number of benzene rings is 1. The SMILES string of the molecule is Cn1cnnc1CCNCc1ccc2cc[nH]c2c1. The van der Waals surface area contributed by atoms with Crippen molar-refractivity contribution in [3.05, 3.63) is 48.2 Å². The number of fused-ring (bicyclic) bond motifs is 1. The number of aryl methyl sites for hydroxylation is 1. The monoisotopic (exact) mass is 255 g/mol. The summed E-state index contributed by atoms with van der Waals surface area (Å²) in [6, 6.07) is 8.57. The van der Waals surface area contributed by atoms with Gasteiger partial charge in [-0.3, -0.25) is 0 Å². The summed E-state index contributed by atoms with van der Waals surface area (Å²) in [6.45, 7) is 1.77. The van der Waals surface area contributed by atoms with E-state index in [9.17, 15) is 0 Å². The molecule has 2 N–H and O–H groups in total. The Morgan fingerprint density at radius 3 is 3.11 bits per heavy atom. The van der Waals surface area contributed by atoms with E-state index in [2.05, 4.69) is 44.8 Å². The van der Waals surface area contributed by atoms with Crippen molar-refractivity contribution < 1.29 is 0 Å². The Labute approximate surface area is 111 Å². The third-order valence-corrected chi connectivity index (χ3v) is 3.28. The maximum Gasteiger partial charge on any atom is 0.133 e. The van der Waals surface area contributed by atoms with Crippen LogP contribution < -0.4 is 5.32 Å². The van der Waals surface area contributed by atoms with Crippen molar-refractivity contribution in [1.82, 2.24) is 25.1 Å².